The predicted octanol–water partition coefficient (Wildman–Crippen LogP) is 6.37. The van der Waals surface area contributed by atoms with Crippen LogP contribution in [0.2, 0.25) is 0 Å². The van der Waals surface area contributed by atoms with Crippen LogP contribution in [0.3, 0.4) is 0 Å². The summed E-state index contributed by atoms with van der Waals surface area (Å²) in [7, 11) is 0. The second-order valence-corrected chi connectivity index (χ2v) is 8.11. The van der Waals surface area contributed by atoms with Crippen LogP contribution in [0.25, 0.3) is 0 Å². The highest BCUT2D eigenvalue weighted by Crippen LogP contribution is 2.23. The minimum Gasteiger partial charge on any atom is -0.326 e. The van der Waals surface area contributed by atoms with Gasteiger partial charge in [-0.2, -0.15) is 0 Å². The standard InChI is InChI=1S/C23H33NO3S/c1-18(2)9-7-10-19(3)11-8-12-20(4)15-16-28-22-14-6-5-13-21(22)23(25)24-17-27-26/h5-6,9,11,13-15,26H,7-8,10,12,16-17H2,1-4H3,(H,24,25). The molecule has 1 rings (SSSR count). The molecular weight excluding hydrogens is 370 g/mol. The Morgan fingerprint density at radius 3 is 2.36 bits per heavy atom. The summed E-state index contributed by atoms with van der Waals surface area (Å²) in [6, 6.07) is 7.45. The monoisotopic (exact) mass is 403 g/mol. The minimum absolute atomic E-state index is 0.224. The number of allylic oxidation sites excluding steroid dienone is 5. The molecule has 5 heteroatoms. The molecule has 2 N–H and O–H groups in total. The first kappa shape index (κ1) is 24.2. The van der Waals surface area contributed by atoms with Crippen molar-refractivity contribution in [3.63, 3.8) is 0 Å². The zero-order valence-corrected chi connectivity index (χ0v) is 18.3. The number of hydrogen-bond donors (Lipinski definition) is 2. The molecule has 1 aromatic carbocycles. The van der Waals surface area contributed by atoms with Crippen LogP contribution in [0.5, 0.6) is 0 Å². The zero-order valence-electron chi connectivity index (χ0n) is 17.5. The van der Waals surface area contributed by atoms with Gasteiger partial charge in [0.25, 0.3) is 5.91 Å². The second kappa shape index (κ2) is 14.2. The van der Waals surface area contributed by atoms with Gasteiger partial charge in [-0.15, -0.1) is 11.8 Å². The van der Waals surface area contributed by atoms with Crippen LogP contribution in [-0.4, -0.2) is 23.6 Å². The van der Waals surface area contributed by atoms with Crippen molar-refractivity contribution in [1.29, 1.82) is 0 Å². The number of amides is 1. The molecule has 0 aliphatic heterocycles. The van der Waals surface area contributed by atoms with E-state index in [0.29, 0.717) is 5.56 Å². The van der Waals surface area contributed by atoms with Gasteiger partial charge >= 0.3 is 0 Å². The third-order valence-corrected chi connectivity index (χ3v) is 5.22. The van der Waals surface area contributed by atoms with Crippen LogP contribution in [0, 0.1) is 0 Å². The molecule has 0 radical (unpaired) electrons. The van der Waals surface area contributed by atoms with Crippen molar-refractivity contribution in [3.05, 3.63) is 64.8 Å². The van der Waals surface area contributed by atoms with Gasteiger partial charge < -0.3 is 5.32 Å². The van der Waals surface area contributed by atoms with Crippen LogP contribution in [-0.2, 0) is 4.89 Å². The minimum atomic E-state index is -0.258. The lowest BCUT2D eigenvalue weighted by Crippen LogP contribution is -2.25. The van der Waals surface area contributed by atoms with Crippen molar-refractivity contribution in [2.75, 3.05) is 12.5 Å². The number of thioether (sulfide) groups is 1. The van der Waals surface area contributed by atoms with Gasteiger partial charge in [-0.1, -0.05) is 47.1 Å². The first-order chi connectivity index (χ1) is 13.4. The third-order valence-electron chi connectivity index (χ3n) is 4.22. The highest BCUT2D eigenvalue weighted by molar-refractivity contribution is 7.99. The van der Waals surface area contributed by atoms with Gasteiger partial charge in [0.2, 0.25) is 0 Å². The molecule has 1 amide bonds. The molecule has 0 bridgehead atoms. The lowest BCUT2D eigenvalue weighted by Gasteiger charge is -2.08. The van der Waals surface area contributed by atoms with E-state index in [4.69, 9.17) is 5.26 Å². The number of hydrogen-bond acceptors (Lipinski definition) is 4. The van der Waals surface area contributed by atoms with E-state index >= 15 is 0 Å². The molecule has 0 saturated carbocycles. The van der Waals surface area contributed by atoms with Gasteiger partial charge in [0.05, 0.1) is 5.56 Å². The van der Waals surface area contributed by atoms with E-state index in [2.05, 4.69) is 56.1 Å². The SMILES string of the molecule is CC(C)=CCCC(C)=CCCC(C)=CCSc1ccccc1C(=O)NCOO. The van der Waals surface area contributed by atoms with Crippen molar-refractivity contribution in [2.24, 2.45) is 0 Å². The van der Waals surface area contributed by atoms with Crippen LogP contribution in [0.15, 0.2) is 64.1 Å². The normalized spacial score (nSPS) is 12.0. The molecule has 0 saturated heterocycles. The third kappa shape index (κ3) is 10.5. The topological polar surface area (TPSA) is 58.6 Å². The van der Waals surface area contributed by atoms with Crippen molar-refractivity contribution in [3.8, 4) is 0 Å². The summed E-state index contributed by atoms with van der Waals surface area (Å²) in [4.78, 5) is 16.9. The quantitative estimate of drug-likeness (QED) is 0.140. The molecule has 0 atom stereocenters. The molecule has 1 aromatic rings. The summed E-state index contributed by atoms with van der Waals surface area (Å²) in [5, 5.41) is 10.9. The van der Waals surface area contributed by atoms with Gasteiger partial charge in [-0.25, -0.2) is 10.1 Å². The Labute approximate surface area is 173 Å². The molecule has 154 valence electrons. The van der Waals surface area contributed by atoms with Crippen LogP contribution >= 0.6 is 11.8 Å². The van der Waals surface area contributed by atoms with E-state index in [9.17, 15) is 4.79 Å². The fourth-order valence-electron chi connectivity index (χ4n) is 2.59. The Kier molecular flexibility index (Phi) is 12.3. The summed E-state index contributed by atoms with van der Waals surface area (Å²) in [6.07, 6.45) is 11.2. The maximum Gasteiger partial charge on any atom is 0.254 e. The van der Waals surface area contributed by atoms with Crippen molar-refractivity contribution in [1.82, 2.24) is 5.32 Å². The zero-order chi connectivity index (χ0) is 20.8. The first-order valence-corrected chi connectivity index (χ1v) is 10.6. The summed E-state index contributed by atoms with van der Waals surface area (Å²) in [5.41, 5.74) is 4.78. The maximum atomic E-state index is 12.1. The summed E-state index contributed by atoms with van der Waals surface area (Å²) >= 11 is 1.63. The molecule has 0 aromatic heterocycles. The van der Waals surface area contributed by atoms with Crippen molar-refractivity contribution >= 4 is 17.7 Å². The lowest BCUT2D eigenvalue weighted by molar-refractivity contribution is -0.245. The number of carbonyl (C=O) groups is 1. The van der Waals surface area contributed by atoms with Gasteiger partial charge in [0.15, 0.2) is 6.73 Å². The van der Waals surface area contributed by atoms with Crippen LogP contribution in [0.4, 0.5) is 0 Å². The average molecular weight is 404 g/mol. The van der Waals surface area contributed by atoms with Crippen LogP contribution in [0.1, 0.15) is 63.7 Å². The number of benzene rings is 1. The number of rotatable bonds is 12. The largest absolute Gasteiger partial charge is 0.326 e. The van der Waals surface area contributed by atoms with Gasteiger partial charge in [0, 0.05) is 10.6 Å². The Morgan fingerprint density at radius 1 is 1.04 bits per heavy atom. The molecule has 0 aliphatic carbocycles. The summed E-state index contributed by atoms with van der Waals surface area (Å²) in [5.74, 6) is 0.558. The maximum absolute atomic E-state index is 12.1. The predicted molar refractivity (Wildman–Crippen MR) is 119 cm³/mol. The van der Waals surface area contributed by atoms with E-state index in [1.807, 2.05) is 18.2 Å². The van der Waals surface area contributed by atoms with E-state index in [1.165, 1.54) is 16.7 Å². The molecule has 4 nitrogen and oxygen atoms in total. The van der Waals surface area contributed by atoms with Crippen LogP contribution < -0.4 is 5.32 Å². The Hall–Kier alpha value is -1.82. The van der Waals surface area contributed by atoms with E-state index < -0.39 is 0 Å². The molecule has 28 heavy (non-hydrogen) atoms. The number of carbonyl (C=O) groups excluding carboxylic acids is 1. The van der Waals surface area contributed by atoms with Crippen molar-refractivity contribution in [2.45, 2.75) is 58.3 Å². The molecule has 0 spiro atoms. The van der Waals surface area contributed by atoms with E-state index in [0.717, 1.165) is 36.3 Å². The molecule has 0 fully saturated rings. The average Bonchev–Trinajstić information content (AvgIpc) is 2.66. The second-order valence-electron chi connectivity index (χ2n) is 7.05. The fraction of sp³-hybridized carbons (Fsp3) is 0.435. The van der Waals surface area contributed by atoms with E-state index in [-0.39, 0.29) is 12.6 Å². The Bertz CT molecular complexity index is 704. The van der Waals surface area contributed by atoms with Gasteiger partial charge in [-0.05, 0) is 65.5 Å². The summed E-state index contributed by atoms with van der Waals surface area (Å²) in [6.45, 7) is 8.42. The smallest absolute Gasteiger partial charge is 0.254 e. The van der Waals surface area contributed by atoms with E-state index in [1.54, 1.807) is 17.8 Å². The Morgan fingerprint density at radius 2 is 1.68 bits per heavy atom. The van der Waals surface area contributed by atoms with Crippen molar-refractivity contribution < 1.29 is 14.9 Å². The first-order valence-electron chi connectivity index (χ1n) is 9.65. The highest BCUT2D eigenvalue weighted by Gasteiger charge is 2.10. The summed E-state index contributed by atoms with van der Waals surface area (Å²) < 4.78 is 0. The molecule has 0 aliphatic rings. The van der Waals surface area contributed by atoms with Gasteiger partial charge in [-0.3, -0.25) is 4.79 Å². The molecule has 0 unspecified atom stereocenters. The van der Waals surface area contributed by atoms with Gasteiger partial charge in [0.1, 0.15) is 0 Å². The fourth-order valence-corrected chi connectivity index (χ4v) is 3.62. The highest BCUT2D eigenvalue weighted by atomic mass is 32.2. The number of nitrogens with one attached hydrogen (secondary N) is 1. The molecule has 0 heterocycles. The lowest BCUT2D eigenvalue weighted by atomic mass is 10.1. The molecular formula is C23H33NO3S. The Balaban J connectivity index is 2.46.